The highest BCUT2D eigenvalue weighted by atomic mass is 16.3. The summed E-state index contributed by atoms with van der Waals surface area (Å²) in [4.78, 5) is 39.5. The van der Waals surface area contributed by atoms with Gasteiger partial charge in [0, 0.05) is 28.0 Å². The maximum absolute atomic E-state index is 14.1. The van der Waals surface area contributed by atoms with Crippen molar-refractivity contribution < 1.29 is 24.6 Å². The lowest BCUT2D eigenvalue weighted by atomic mass is 9.52. The van der Waals surface area contributed by atoms with Crippen molar-refractivity contribution in [1.29, 1.82) is 0 Å². The van der Waals surface area contributed by atoms with Crippen LogP contribution >= 0.6 is 0 Å². The van der Waals surface area contributed by atoms with Gasteiger partial charge in [-0.25, -0.2) is 0 Å². The second-order valence-electron chi connectivity index (χ2n) is 9.33. The predicted octanol–water partition coefficient (Wildman–Crippen LogP) is 5.36. The molecular formula is C25H30O5. The van der Waals surface area contributed by atoms with Crippen LogP contribution in [0, 0.1) is 17.3 Å². The Labute approximate surface area is 177 Å². The van der Waals surface area contributed by atoms with Crippen molar-refractivity contribution in [2.24, 2.45) is 17.3 Å². The van der Waals surface area contributed by atoms with Crippen LogP contribution in [0.1, 0.15) is 96.9 Å². The number of carbonyl (C=O) groups is 3. The SMILES string of the molecule is CC(C)=CC[C@@H]1C(C)=CC[C@@H]2C(=O)c3c(C=O)c(O)c(O)c(C(C)C)c3C(=O)[C@@]21C. The molecule has 0 radical (unpaired) electrons. The third-order valence-corrected chi connectivity index (χ3v) is 6.93. The Morgan fingerprint density at radius 3 is 2.37 bits per heavy atom. The first-order chi connectivity index (χ1) is 14.0. The molecule has 0 aliphatic heterocycles. The van der Waals surface area contributed by atoms with Crippen molar-refractivity contribution in [2.45, 2.75) is 60.3 Å². The number of ketones is 2. The van der Waals surface area contributed by atoms with E-state index >= 15 is 0 Å². The number of phenols is 2. The minimum Gasteiger partial charge on any atom is -0.504 e. The van der Waals surface area contributed by atoms with Crippen LogP contribution in [0.25, 0.3) is 0 Å². The molecule has 0 bridgehead atoms. The maximum Gasteiger partial charge on any atom is 0.171 e. The molecule has 0 spiro atoms. The van der Waals surface area contributed by atoms with E-state index in [2.05, 4.69) is 6.08 Å². The maximum atomic E-state index is 14.1. The number of benzene rings is 1. The van der Waals surface area contributed by atoms with E-state index in [1.807, 2.05) is 33.8 Å². The van der Waals surface area contributed by atoms with Gasteiger partial charge >= 0.3 is 0 Å². The van der Waals surface area contributed by atoms with Gasteiger partial charge in [-0.2, -0.15) is 0 Å². The molecule has 0 saturated heterocycles. The molecule has 5 nitrogen and oxygen atoms in total. The fourth-order valence-corrected chi connectivity index (χ4v) is 5.26. The zero-order valence-electron chi connectivity index (χ0n) is 18.5. The average Bonchev–Trinajstić information content (AvgIpc) is 2.66. The molecule has 2 N–H and O–H groups in total. The van der Waals surface area contributed by atoms with Gasteiger partial charge in [-0.05, 0) is 45.4 Å². The Morgan fingerprint density at radius 2 is 1.83 bits per heavy atom. The molecule has 3 rings (SSSR count). The van der Waals surface area contributed by atoms with E-state index in [4.69, 9.17) is 0 Å². The molecule has 3 atom stereocenters. The van der Waals surface area contributed by atoms with Crippen LogP contribution in [0.4, 0.5) is 0 Å². The first kappa shape index (κ1) is 22.0. The van der Waals surface area contributed by atoms with E-state index in [1.54, 1.807) is 13.8 Å². The van der Waals surface area contributed by atoms with Crippen molar-refractivity contribution in [3.63, 3.8) is 0 Å². The highest BCUT2D eigenvalue weighted by molar-refractivity contribution is 6.22. The summed E-state index contributed by atoms with van der Waals surface area (Å²) in [6, 6.07) is 0. The summed E-state index contributed by atoms with van der Waals surface area (Å²) in [5.74, 6) is -2.75. The van der Waals surface area contributed by atoms with Crippen LogP contribution < -0.4 is 0 Å². The molecule has 0 aromatic heterocycles. The molecule has 160 valence electrons. The molecule has 0 unspecified atom stereocenters. The zero-order valence-corrected chi connectivity index (χ0v) is 18.5. The van der Waals surface area contributed by atoms with Gasteiger partial charge in [-0.15, -0.1) is 0 Å². The van der Waals surface area contributed by atoms with E-state index in [0.717, 1.165) is 11.1 Å². The van der Waals surface area contributed by atoms with Crippen molar-refractivity contribution in [1.82, 2.24) is 0 Å². The first-order valence-electron chi connectivity index (χ1n) is 10.4. The molecule has 0 saturated carbocycles. The van der Waals surface area contributed by atoms with E-state index in [9.17, 15) is 24.6 Å². The molecule has 1 aromatic rings. The molecule has 0 fully saturated rings. The molecule has 0 heterocycles. The summed E-state index contributed by atoms with van der Waals surface area (Å²) in [6.45, 7) is 11.4. The molecule has 5 heteroatoms. The van der Waals surface area contributed by atoms with E-state index in [-0.39, 0.29) is 45.7 Å². The second-order valence-corrected chi connectivity index (χ2v) is 9.33. The Balaban J connectivity index is 2.37. The van der Waals surface area contributed by atoms with Crippen LogP contribution in [0.3, 0.4) is 0 Å². The zero-order chi connectivity index (χ0) is 22.5. The van der Waals surface area contributed by atoms with Crippen LogP contribution in [-0.2, 0) is 0 Å². The number of Topliss-reactive ketones (excluding diaryl/α,β-unsaturated/α-hetero) is 2. The van der Waals surface area contributed by atoms with E-state index in [0.29, 0.717) is 19.1 Å². The van der Waals surface area contributed by atoms with Crippen LogP contribution in [0.5, 0.6) is 11.5 Å². The Hall–Kier alpha value is -2.69. The smallest absolute Gasteiger partial charge is 0.171 e. The average molecular weight is 411 g/mol. The lowest BCUT2D eigenvalue weighted by Crippen LogP contribution is -2.52. The molecule has 0 amide bonds. The van der Waals surface area contributed by atoms with Crippen LogP contribution in [0.2, 0.25) is 0 Å². The van der Waals surface area contributed by atoms with Gasteiger partial charge in [-0.1, -0.05) is 44.1 Å². The number of aromatic hydroxyl groups is 2. The highest BCUT2D eigenvalue weighted by Crippen LogP contribution is 2.56. The van der Waals surface area contributed by atoms with Crippen LogP contribution in [-0.4, -0.2) is 28.1 Å². The fraction of sp³-hybridized carbons (Fsp3) is 0.480. The van der Waals surface area contributed by atoms with Crippen molar-refractivity contribution in [3.8, 4) is 11.5 Å². The van der Waals surface area contributed by atoms with Gasteiger partial charge in [-0.3, -0.25) is 14.4 Å². The quantitative estimate of drug-likeness (QED) is 0.396. The molecule has 2 aliphatic carbocycles. The number of rotatable bonds is 4. The number of carbonyl (C=O) groups excluding carboxylic acids is 3. The lowest BCUT2D eigenvalue weighted by molar-refractivity contribution is 0.0439. The summed E-state index contributed by atoms with van der Waals surface area (Å²) in [5.41, 5.74) is 1.23. The number of hydrogen-bond acceptors (Lipinski definition) is 5. The van der Waals surface area contributed by atoms with Crippen LogP contribution in [0.15, 0.2) is 23.3 Å². The van der Waals surface area contributed by atoms with Crippen molar-refractivity contribution >= 4 is 17.9 Å². The monoisotopic (exact) mass is 410 g/mol. The number of phenolic OH excluding ortho intramolecular Hbond substituents is 2. The van der Waals surface area contributed by atoms with Gasteiger partial charge in [0.05, 0.1) is 5.56 Å². The number of aldehydes is 1. The Kier molecular flexibility index (Phi) is 5.52. The summed E-state index contributed by atoms with van der Waals surface area (Å²) in [6.07, 6.45) is 5.49. The fourth-order valence-electron chi connectivity index (χ4n) is 5.26. The summed E-state index contributed by atoms with van der Waals surface area (Å²) in [7, 11) is 0. The minimum atomic E-state index is -0.984. The number of hydrogen-bond donors (Lipinski definition) is 2. The van der Waals surface area contributed by atoms with E-state index in [1.165, 1.54) is 0 Å². The van der Waals surface area contributed by atoms with E-state index < -0.39 is 22.8 Å². The van der Waals surface area contributed by atoms with Crippen molar-refractivity contribution in [2.75, 3.05) is 0 Å². The van der Waals surface area contributed by atoms with Gasteiger partial charge in [0.1, 0.15) is 0 Å². The Bertz CT molecular complexity index is 1010. The molecular weight excluding hydrogens is 380 g/mol. The minimum absolute atomic E-state index is 0.0367. The first-order valence-corrected chi connectivity index (χ1v) is 10.4. The third-order valence-electron chi connectivity index (χ3n) is 6.93. The normalized spacial score (nSPS) is 25.5. The molecule has 2 aliphatic rings. The van der Waals surface area contributed by atoms with Gasteiger partial charge < -0.3 is 10.2 Å². The second kappa shape index (κ2) is 7.53. The predicted molar refractivity (Wildman–Crippen MR) is 115 cm³/mol. The standard InChI is InChI=1S/C25H30O5/c1-12(2)7-9-16-14(5)8-10-17-22(28)19-15(11-26)21(27)23(29)18(13(3)4)20(19)24(30)25(16,17)6/h7-8,11,13,16-17,27,29H,9-10H2,1-6H3/t16-,17-,25-/m1/s1. The molecule has 1 aromatic carbocycles. The van der Waals surface area contributed by atoms with Gasteiger partial charge in [0.25, 0.3) is 0 Å². The molecule has 30 heavy (non-hydrogen) atoms. The lowest BCUT2D eigenvalue weighted by Gasteiger charge is -2.48. The summed E-state index contributed by atoms with van der Waals surface area (Å²) in [5, 5.41) is 21.0. The number of allylic oxidation sites excluding steroid dienone is 4. The van der Waals surface area contributed by atoms with Crippen molar-refractivity contribution in [3.05, 3.63) is 45.6 Å². The van der Waals surface area contributed by atoms with Gasteiger partial charge in [0.15, 0.2) is 29.4 Å². The highest BCUT2D eigenvalue weighted by Gasteiger charge is 2.57. The number of fused-ring (bicyclic) bond motifs is 2. The largest absolute Gasteiger partial charge is 0.504 e. The van der Waals surface area contributed by atoms with Gasteiger partial charge in [0.2, 0.25) is 0 Å². The summed E-state index contributed by atoms with van der Waals surface area (Å²) < 4.78 is 0. The topological polar surface area (TPSA) is 91.7 Å². The third kappa shape index (κ3) is 2.94. The summed E-state index contributed by atoms with van der Waals surface area (Å²) >= 11 is 0. The Morgan fingerprint density at radius 1 is 1.20 bits per heavy atom.